The molecule has 0 spiro atoms. The van der Waals surface area contributed by atoms with Crippen LogP contribution in [0.15, 0.2) is 18.3 Å². The molecule has 88 valence electrons. The first-order valence-electron chi connectivity index (χ1n) is 5.75. The molecular weight excluding hydrogens is 222 g/mol. The highest BCUT2D eigenvalue weighted by Gasteiger charge is 2.12. The molecule has 2 rings (SSSR count). The van der Waals surface area contributed by atoms with E-state index in [-0.39, 0.29) is 0 Å². The van der Waals surface area contributed by atoms with Crippen LogP contribution >= 0.6 is 11.6 Å². The SMILES string of the molecule is CN1CCCN(Cc2ccnc(Cl)c2)CC1. The van der Waals surface area contributed by atoms with E-state index in [1.165, 1.54) is 25.1 Å². The molecule has 16 heavy (non-hydrogen) atoms. The van der Waals surface area contributed by atoms with Gasteiger partial charge >= 0.3 is 0 Å². The van der Waals surface area contributed by atoms with Gasteiger partial charge in [-0.2, -0.15) is 0 Å². The summed E-state index contributed by atoms with van der Waals surface area (Å²) in [7, 11) is 2.19. The average molecular weight is 240 g/mol. The molecule has 4 heteroatoms. The predicted molar refractivity (Wildman–Crippen MR) is 66.6 cm³/mol. The van der Waals surface area contributed by atoms with Gasteiger partial charge in [-0.1, -0.05) is 11.6 Å². The first-order valence-corrected chi connectivity index (χ1v) is 6.13. The van der Waals surface area contributed by atoms with Crippen LogP contribution in [-0.4, -0.2) is 48.0 Å². The van der Waals surface area contributed by atoms with Crippen LogP contribution in [0.2, 0.25) is 5.15 Å². The van der Waals surface area contributed by atoms with Crippen molar-refractivity contribution in [3.05, 3.63) is 29.0 Å². The monoisotopic (exact) mass is 239 g/mol. The second-order valence-electron chi connectivity index (χ2n) is 4.42. The molecule has 3 nitrogen and oxygen atoms in total. The lowest BCUT2D eigenvalue weighted by Gasteiger charge is -2.19. The minimum Gasteiger partial charge on any atom is -0.305 e. The third kappa shape index (κ3) is 3.44. The van der Waals surface area contributed by atoms with Gasteiger partial charge in [0.2, 0.25) is 0 Å². The number of rotatable bonds is 2. The molecule has 1 saturated heterocycles. The molecular formula is C12H18ClN3. The number of pyridine rings is 1. The quantitative estimate of drug-likeness (QED) is 0.735. The number of nitrogens with zero attached hydrogens (tertiary/aromatic N) is 3. The Labute approximate surface area is 102 Å². The van der Waals surface area contributed by atoms with Crippen molar-refractivity contribution in [3.8, 4) is 0 Å². The molecule has 0 atom stereocenters. The normalized spacial score (nSPS) is 19.6. The van der Waals surface area contributed by atoms with E-state index >= 15 is 0 Å². The average Bonchev–Trinajstić information content (AvgIpc) is 2.44. The first kappa shape index (κ1) is 11.8. The number of hydrogen-bond acceptors (Lipinski definition) is 3. The lowest BCUT2D eigenvalue weighted by Crippen LogP contribution is -2.28. The van der Waals surface area contributed by atoms with Crippen molar-refractivity contribution in [2.45, 2.75) is 13.0 Å². The van der Waals surface area contributed by atoms with Crippen molar-refractivity contribution in [1.29, 1.82) is 0 Å². The lowest BCUT2D eigenvalue weighted by molar-refractivity contribution is 0.269. The van der Waals surface area contributed by atoms with Crippen molar-refractivity contribution < 1.29 is 0 Å². The lowest BCUT2D eigenvalue weighted by atomic mass is 10.2. The Morgan fingerprint density at radius 2 is 2.19 bits per heavy atom. The van der Waals surface area contributed by atoms with E-state index in [1.54, 1.807) is 6.20 Å². The highest BCUT2D eigenvalue weighted by Crippen LogP contribution is 2.11. The van der Waals surface area contributed by atoms with Gasteiger partial charge < -0.3 is 4.90 Å². The third-order valence-corrected chi connectivity index (χ3v) is 3.22. The molecule has 0 amide bonds. The van der Waals surface area contributed by atoms with Crippen LogP contribution in [-0.2, 0) is 6.54 Å². The number of likely N-dealkylation sites (N-methyl/N-ethyl adjacent to an activating group) is 1. The molecule has 0 radical (unpaired) electrons. The van der Waals surface area contributed by atoms with E-state index in [1.807, 2.05) is 12.1 Å². The van der Waals surface area contributed by atoms with E-state index in [0.717, 1.165) is 19.6 Å². The summed E-state index contributed by atoms with van der Waals surface area (Å²) in [6.45, 7) is 5.64. The number of hydrogen-bond donors (Lipinski definition) is 0. The maximum atomic E-state index is 5.88. The molecule has 2 heterocycles. The summed E-state index contributed by atoms with van der Waals surface area (Å²) >= 11 is 5.88. The zero-order valence-corrected chi connectivity index (χ0v) is 10.5. The summed E-state index contributed by atoms with van der Waals surface area (Å²) in [5.41, 5.74) is 1.25. The minimum atomic E-state index is 0.587. The summed E-state index contributed by atoms with van der Waals surface area (Å²) in [4.78, 5) is 8.87. The van der Waals surface area contributed by atoms with Crippen molar-refractivity contribution in [2.75, 3.05) is 33.2 Å². The molecule has 0 bridgehead atoms. The van der Waals surface area contributed by atoms with Crippen LogP contribution in [0.5, 0.6) is 0 Å². The van der Waals surface area contributed by atoms with Crippen LogP contribution in [0.4, 0.5) is 0 Å². The van der Waals surface area contributed by atoms with Crippen LogP contribution in [0, 0.1) is 0 Å². The summed E-state index contributed by atoms with van der Waals surface area (Å²) < 4.78 is 0. The number of aromatic nitrogens is 1. The summed E-state index contributed by atoms with van der Waals surface area (Å²) in [6, 6.07) is 4.00. The smallest absolute Gasteiger partial charge is 0.129 e. The van der Waals surface area contributed by atoms with Crippen LogP contribution < -0.4 is 0 Å². The predicted octanol–water partition coefficient (Wildman–Crippen LogP) is 1.87. The fraction of sp³-hybridized carbons (Fsp3) is 0.583. The zero-order chi connectivity index (χ0) is 11.4. The van der Waals surface area contributed by atoms with Gasteiger partial charge in [0, 0.05) is 25.8 Å². The molecule has 0 aromatic carbocycles. The van der Waals surface area contributed by atoms with Gasteiger partial charge in [-0.05, 0) is 44.3 Å². The van der Waals surface area contributed by atoms with Crippen molar-refractivity contribution >= 4 is 11.6 Å². The second-order valence-corrected chi connectivity index (χ2v) is 4.81. The van der Waals surface area contributed by atoms with Gasteiger partial charge in [-0.15, -0.1) is 0 Å². The van der Waals surface area contributed by atoms with E-state index < -0.39 is 0 Å². The van der Waals surface area contributed by atoms with Crippen molar-refractivity contribution in [3.63, 3.8) is 0 Å². The highest BCUT2D eigenvalue weighted by atomic mass is 35.5. The van der Waals surface area contributed by atoms with E-state index in [0.29, 0.717) is 5.15 Å². The Balaban J connectivity index is 1.93. The van der Waals surface area contributed by atoms with Gasteiger partial charge in [0.05, 0.1) is 0 Å². The van der Waals surface area contributed by atoms with Gasteiger partial charge in [-0.3, -0.25) is 4.90 Å². The van der Waals surface area contributed by atoms with Crippen LogP contribution in [0.1, 0.15) is 12.0 Å². The van der Waals surface area contributed by atoms with Gasteiger partial charge in [0.25, 0.3) is 0 Å². The Kier molecular flexibility index (Phi) is 4.16. The molecule has 0 saturated carbocycles. The van der Waals surface area contributed by atoms with Crippen molar-refractivity contribution in [2.24, 2.45) is 0 Å². The van der Waals surface area contributed by atoms with E-state index in [4.69, 9.17) is 11.6 Å². The topological polar surface area (TPSA) is 19.4 Å². The molecule has 1 aliphatic heterocycles. The van der Waals surface area contributed by atoms with E-state index in [2.05, 4.69) is 21.8 Å². The fourth-order valence-electron chi connectivity index (χ4n) is 2.06. The van der Waals surface area contributed by atoms with Crippen molar-refractivity contribution in [1.82, 2.24) is 14.8 Å². The Morgan fingerprint density at radius 3 is 3.00 bits per heavy atom. The zero-order valence-electron chi connectivity index (χ0n) is 9.69. The summed E-state index contributed by atoms with van der Waals surface area (Å²) in [6.07, 6.45) is 3.02. The molecule has 1 aromatic rings. The maximum absolute atomic E-state index is 5.88. The number of halogens is 1. The molecule has 1 fully saturated rings. The Hall–Kier alpha value is -0.640. The van der Waals surface area contributed by atoms with Gasteiger partial charge in [-0.25, -0.2) is 4.98 Å². The maximum Gasteiger partial charge on any atom is 0.129 e. The summed E-state index contributed by atoms with van der Waals surface area (Å²) in [5.74, 6) is 0. The molecule has 0 aliphatic carbocycles. The first-order chi connectivity index (χ1) is 7.74. The molecule has 1 aliphatic rings. The molecule has 0 unspecified atom stereocenters. The standard InChI is InChI=1S/C12H18ClN3/c1-15-5-2-6-16(8-7-15)10-11-3-4-14-12(13)9-11/h3-4,9H,2,5-8,10H2,1H3. The van der Waals surface area contributed by atoms with Crippen LogP contribution in [0.25, 0.3) is 0 Å². The van der Waals surface area contributed by atoms with Crippen LogP contribution in [0.3, 0.4) is 0 Å². The molecule has 0 N–H and O–H groups in total. The van der Waals surface area contributed by atoms with Gasteiger partial charge in [0.1, 0.15) is 5.15 Å². The van der Waals surface area contributed by atoms with E-state index in [9.17, 15) is 0 Å². The van der Waals surface area contributed by atoms with Gasteiger partial charge in [0.15, 0.2) is 0 Å². The molecule has 1 aromatic heterocycles. The minimum absolute atomic E-state index is 0.587. The highest BCUT2D eigenvalue weighted by molar-refractivity contribution is 6.29. The second kappa shape index (κ2) is 5.62. The largest absolute Gasteiger partial charge is 0.305 e. The third-order valence-electron chi connectivity index (χ3n) is 3.01. The summed E-state index contributed by atoms with van der Waals surface area (Å²) in [5, 5.41) is 0.587. The Morgan fingerprint density at radius 1 is 1.31 bits per heavy atom. The fourth-order valence-corrected chi connectivity index (χ4v) is 2.25. The Bertz CT molecular complexity index is 343.